The van der Waals surface area contributed by atoms with Crippen LogP contribution >= 0.6 is 0 Å². The molecule has 0 aliphatic rings. The van der Waals surface area contributed by atoms with E-state index < -0.39 is 35.6 Å². The Bertz CT molecular complexity index is 390. The molecule has 0 bridgehead atoms. The number of amides is 3. The summed E-state index contributed by atoms with van der Waals surface area (Å²) in [6.45, 7) is 10.5. The van der Waals surface area contributed by atoms with Crippen molar-refractivity contribution in [2.45, 2.75) is 65.6 Å². The van der Waals surface area contributed by atoms with Crippen molar-refractivity contribution in [2.24, 2.45) is 11.7 Å². The molecule has 0 rings (SSSR count). The van der Waals surface area contributed by atoms with E-state index in [2.05, 4.69) is 10.6 Å². The third-order valence-electron chi connectivity index (χ3n) is 2.92. The van der Waals surface area contributed by atoms with E-state index in [-0.39, 0.29) is 5.92 Å². The Hall–Kier alpha value is -1.79. The Balaban J connectivity index is 4.89. The molecule has 7 nitrogen and oxygen atoms in total. The number of urea groups is 1. The van der Waals surface area contributed by atoms with Crippen molar-refractivity contribution in [1.29, 1.82) is 0 Å². The number of nitrogens with one attached hydrogen (secondary N) is 2. The zero-order chi connectivity index (χ0) is 16.8. The largest absolute Gasteiger partial charge is 0.458 e. The molecule has 0 aromatic rings. The molecular formula is C14H27N3O4. The van der Waals surface area contributed by atoms with E-state index in [1.807, 2.05) is 13.8 Å². The summed E-state index contributed by atoms with van der Waals surface area (Å²) in [4.78, 5) is 34.9. The fraction of sp³-hybridized carbons (Fsp3) is 0.786. The first-order valence-electron chi connectivity index (χ1n) is 7.07. The van der Waals surface area contributed by atoms with Gasteiger partial charge in [-0.25, -0.2) is 9.59 Å². The number of nitrogens with two attached hydrogens (primary N) is 1. The highest BCUT2D eigenvalue weighted by molar-refractivity contribution is 5.90. The molecule has 0 aliphatic carbocycles. The normalized spacial score (nSPS) is 15.5. The molecule has 21 heavy (non-hydrogen) atoms. The van der Waals surface area contributed by atoms with Gasteiger partial charge in [0.1, 0.15) is 17.7 Å². The number of hydrogen-bond donors (Lipinski definition) is 3. The summed E-state index contributed by atoms with van der Waals surface area (Å²) in [6, 6.07) is -2.38. The van der Waals surface area contributed by atoms with Gasteiger partial charge in [0, 0.05) is 0 Å². The van der Waals surface area contributed by atoms with Crippen LogP contribution < -0.4 is 16.4 Å². The maximum absolute atomic E-state index is 12.2. The van der Waals surface area contributed by atoms with Crippen LogP contribution in [0.2, 0.25) is 0 Å². The minimum atomic E-state index is -0.823. The second kappa shape index (κ2) is 7.85. The Morgan fingerprint density at radius 3 is 2.05 bits per heavy atom. The maximum Gasteiger partial charge on any atom is 0.329 e. The molecule has 0 heterocycles. The van der Waals surface area contributed by atoms with E-state index >= 15 is 0 Å². The molecule has 3 atom stereocenters. The third-order valence-corrected chi connectivity index (χ3v) is 2.92. The van der Waals surface area contributed by atoms with E-state index in [1.54, 1.807) is 20.8 Å². The molecule has 4 N–H and O–H groups in total. The van der Waals surface area contributed by atoms with Crippen molar-refractivity contribution in [3.05, 3.63) is 0 Å². The van der Waals surface area contributed by atoms with E-state index in [0.29, 0.717) is 6.42 Å². The Kier molecular flexibility index (Phi) is 7.18. The Labute approximate surface area is 126 Å². The van der Waals surface area contributed by atoms with E-state index in [0.717, 1.165) is 0 Å². The number of hydrogen-bond acceptors (Lipinski definition) is 4. The number of rotatable bonds is 6. The van der Waals surface area contributed by atoms with Gasteiger partial charge >= 0.3 is 12.0 Å². The highest BCUT2D eigenvalue weighted by atomic mass is 16.6. The molecule has 7 heteroatoms. The van der Waals surface area contributed by atoms with E-state index in [9.17, 15) is 14.4 Å². The topological polar surface area (TPSA) is 111 Å². The maximum atomic E-state index is 12.2. The van der Waals surface area contributed by atoms with Gasteiger partial charge in [0.15, 0.2) is 0 Å². The molecule has 0 aromatic heterocycles. The lowest BCUT2D eigenvalue weighted by Gasteiger charge is -2.28. The summed E-state index contributed by atoms with van der Waals surface area (Å²) in [5.41, 5.74) is 4.34. The van der Waals surface area contributed by atoms with Crippen LogP contribution in [0.25, 0.3) is 0 Å². The minimum absolute atomic E-state index is 0.0930. The molecule has 1 unspecified atom stereocenters. The number of ether oxygens (including phenoxy) is 1. The molecule has 0 radical (unpaired) electrons. The number of primary amides is 1. The Morgan fingerprint density at radius 1 is 1.14 bits per heavy atom. The van der Waals surface area contributed by atoms with Crippen molar-refractivity contribution in [3.63, 3.8) is 0 Å². The van der Waals surface area contributed by atoms with Gasteiger partial charge in [-0.15, -0.1) is 0 Å². The van der Waals surface area contributed by atoms with Crippen molar-refractivity contribution in [3.8, 4) is 0 Å². The lowest BCUT2D eigenvalue weighted by Crippen LogP contribution is -2.54. The molecule has 0 fully saturated rings. The SMILES string of the molecule is CC[C@H](C)[C@H](NC(=O)C(C)NC(N)=O)C(=O)OC(C)(C)C. The van der Waals surface area contributed by atoms with Crippen LogP contribution in [0.5, 0.6) is 0 Å². The number of esters is 1. The van der Waals surface area contributed by atoms with Crippen molar-refractivity contribution < 1.29 is 19.1 Å². The zero-order valence-electron chi connectivity index (χ0n) is 13.6. The first-order chi connectivity index (χ1) is 9.47. The monoisotopic (exact) mass is 301 g/mol. The van der Waals surface area contributed by atoms with E-state index in [1.165, 1.54) is 6.92 Å². The lowest BCUT2D eigenvalue weighted by molar-refractivity contribution is -0.160. The van der Waals surface area contributed by atoms with Gasteiger partial charge in [0.05, 0.1) is 0 Å². The molecule has 3 amide bonds. The van der Waals surface area contributed by atoms with Crippen LogP contribution in [-0.4, -0.2) is 35.6 Å². The number of carbonyl (C=O) groups is 3. The first kappa shape index (κ1) is 19.2. The van der Waals surface area contributed by atoms with Crippen LogP contribution in [0.3, 0.4) is 0 Å². The fourth-order valence-electron chi connectivity index (χ4n) is 1.59. The van der Waals surface area contributed by atoms with Crippen LogP contribution in [0.4, 0.5) is 4.79 Å². The minimum Gasteiger partial charge on any atom is -0.458 e. The highest BCUT2D eigenvalue weighted by Crippen LogP contribution is 2.14. The second-order valence-electron chi connectivity index (χ2n) is 6.14. The Morgan fingerprint density at radius 2 is 1.67 bits per heavy atom. The summed E-state index contributed by atoms with van der Waals surface area (Å²) >= 11 is 0. The number of carbonyl (C=O) groups excluding carboxylic acids is 3. The molecule has 122 valence electrons. The summed E-state index contributed by atoms with van der Waals surface area (Å²) in [5.74, 6) is -1.06. The molecule has 0 aromatic carbocycles. The molecule has 0 spiro atoms. The zero-order valence-corrected chi connectivity index (χ0v) is 13.6. The van der Waals surface area contributed by atoms with Gasteiger partial charge in [-0.1, -0.05) is 20.3 Å². The van der Waals surface area contributed by atoms with Gasteiger partial charge in [-0.05, 0) is 33.6 Å². The van der Waals surface area contributed by atoms with Gasteiger partial charge in [-0.2, -0.15) is 0 Å². The van der Waals surface area contributed by atoms with Crippen LogP contribution in [0.1, 0.15) is 48.0 Å². The lowest BCUT2D eigenvalue weighted by atomic mass is 9.98. The van der Waals surface area contributed by atoms with Gasteiger partial charge in [0.25, 0.3) is 0 Å². The first-order valence-corrected chi connectivity index (χ1v) is 7.07. The summed E-state index contributed by atoms with van der Waals surface area (Å²) in [6.07, 6.45) is 0.696. The molecule has 0 aliphatic heterocycles. The summed E-state index contributed by atoms with van der Waals surface area (Å²) in [7, 11) is 0. The van der Waals surface area contributed by atoms with Gasteiger partial charge in [0.2, 0.25) is 5.91 Å². The van der Waals surface area contributed by atoms with Gasteiger partial charge < -0.3 is 21.1 Å². The quantitative estimate of drug-likeness (QED) is 0.633. The predicted octanol–water partition coefficient (Wildman–Crippen LogP) is 0.916. The van der Waals surface area contributed by atoms with Crippen molar-refractivity contribution in [2.75, 3.05) is 0 Å². The van der Waals surface area contributed by atoms with Crippen LogP contribution in [0, 0.1) is 5.92 Å². The second-order valence-corrected chi connectivity index (χ2v) is 6.14. The predicted molar refractivity (Wildman–Crippen MR) is 79.4 cm³/mol. The average Bonchev–Trinajstić information content (AvgIpc) is 2.31. The van der Waals surface area contributed by atoms with Crippen molar-refractivity contribution >= 4 is 17.9 Å². The van der Waals surface area contributed by atoms with Gasteiger partial charge in [-0.3, -0.25) is 4.79 Å². The third kappa shape index (κ3) is 7.53. The van der Waals surface area contributed by atoms with Crippen LogP contribution in [0.15, 0.2) is 0 Å². The molecular weight excluding hydrogens is 274 g/mol. The smallest absolute Gasteiger partial charge is 0.329 e. The highest BCUT2D eigenvalue weighted by Gasteiger charge is 2.31. The molecule has 0 saturated heterocycles. The van der Waals surface area contributed by atoms with E-state index in [4.69, 9.17) is 10.5 Å². The molecule has 0 saturated carbocycles. The summed E-state index contributed by atoms with van der Waals surface area (Å²) in [5, 5.41) is 4.88. The van der Waals surface area contributed by atoms with Crippen molar-refractivity contribution in [1.82, 2.24) is 10.6 Å². The fourth-order valence-corrected chi connectivity index (χ4v) is 1.59. The van der Waals surface area contributed by atoms with Crippen LogP contribution in [-0.2, 0) is 14.3 Å². The average molecular weight is 301 g/mol. The standard InChI is InChI=1S/C14H27N3O4/c1-7-8(2)10(12(19)21-14(4,5)6)17-11(18)9(3)16-13(15)20/h8-10H,7H2,1-6H3,(H,17,18)(H3,15,16,20)/t8-,9?,10-/m0/s1. The summed E-state index contributed by atoms with van der Waals surface area (Å²) < 4.78 is 5.32.